The monoisotopic (exact) mass is 554 g/mol. The summed E-state index contributed by atoms with van der Waals surface area (Å²) in [7, 11) is -3.78. The first kappa shape index (κ1) is 26.1. The van der Waals surface area contributed by atoms with Gasteiger partial charge < -0.3 is 25.6 Å². The summed E-state index contributed by atoms with van der Waals surface area (Å²) in [5.41, 5.74) is 2.91. The van der Waals surface area contributed by atoms with Crippen LogP contribution in [0.1, 0.15) is 17.7 Å². The van der Waals surface area contributed by atoms with Crippen molar-refractivity contribution in [2.75, 3.05) is 10.6 Å². The molecule has 0 saturated heterocycles. The minimum atomic E-state index is -3.78. The maximum atomic E-state index is 11.5. The Hall–Kier alpha value is -3.49. The van der Waals surface area contributed by atoms with Crippen molar-refractivity contribution in [2.45, 2.75) is 43.0 Å². The van der Waals surface area contributed by atoms with Gasteiger partial charge in [-0.2, -0.15) is 4.98 Å². The number of nitrogens with two attached hydrogens (primary N) is 1. The molecule has 38 heavy (non-hydrogen) atoms. The Labute approximate surface area is 222 Å². The number of carbonyl (C=O) groups excluding carboxylic acids is 1. The van der Waals surface area contributed by atoms with Crippen LogP contribution in [0, 0.1) is 12.8 Å². The Kier molecular flexibility index (Phi) is 7.11. The minimum Gasteiger partial charge on any atom is -0.390 e. The number of thiazole rings is 1. The lowest BCUT2D eigenvalue weighted by molar-refractivity contribution is -0.114. The number of sulfonamides is 1. The second-order valence-electron chi connectivity index (χ2n) is 9.15. The van der Waals surface area contributed by atoms with Crippen molar-refractivity contribution >= 4 is 49.6 Å². The molecule has 13 heteroatoms. The van der Waals surface area contributed by atoms with Crippen molar-refractivity contribution < 1.29 is 23.4 Å². The van der Waals surface area contributed by atoms with E-state index in [1.807, 2.05) is 31.2 Å². The average molecular weight is 555 g/mol. The maximum Gasteiger partial charge on any atom is 0.238 e. The number of hydrogen-bond acceptors (Lipinski definition) is 11. The van der Waals surface area contributed by atoms with Gasteiger partial charge >= 0.3 is 0 Å². The van der Waals surface area contributed by atoms with Crippen LogP contribution < -0.4 is 15.8 Å². The number of carbonyl (C=O) groups is 1. The Balaban J connectivity index is 1.47. The molecule has 5 rings (SSSR count). The van der Waals surface area contributed by atoms with Gasteiger partial charge in [-0.15, -0.1) is 11.3 Å². The number of nitrogens with zero attached hydrogens (tertiary/aromatic N) is 3. The zero-order valence-corrected chi connectivity index (χ0v) is 21.9. The summed E-state index contributed by atoms with van der Waals surface area (Å²) in [5.74, 6) is 0.0195. The smallest absolute Gasteiger partial charge is 0.238 e. The molecule has 1 aliphatic carbocycles. The van der Waals surface area contributed by atoms with Crippen molar-refractivity contribution in [3.05, 3.63) is 59.8 Å². The lowest BCUT2D eigenvalue weighted by atomic mass is 10.1. The Morgan fingerprint density at radius 2 is 1.82 bits per heavy atom. The van der Waals surface area contributed by atoms with Gasteiger partial charge in [0, 0.05) is 12.5 Å². The topological polar surface area (TPSA) is 180 Å². The number of anilines is 2. The second-order valence-corrected chi connectivity index (χ2v) is 11.7. The van der Waals surface area contributed by atoms with Crippen molar-refractivity contribution in [3.63, 3.8) is 0 Å². The van der Waals surface area contributed by atoms with E-state index in [0.717, 1.165) is 15.8 Å². The van der Waals surface area contributed by atoms with Crippen LogP contribution in [0.3, 0.4) is 0 Å². The van der Waals surface area contributed by atoms with E-state index in [-0.39, 0.29) is 11.3 Å². The third kappa shape index (κ3) is 5.24. The lowest BCUT2D eigenvalue weighted by Gasteiger charge is -2.21. The third-order valence-electron chi connectivity index (χ3n) is 6.52. The van der Waals surface area contributed by atoms with Crippen LogP contribution in [0.4, 0.5) is 11.8 Å². The van der Waals surface area contributed by atoms with E-state index in [1.165, 1.54) is 23.5 Å². The van der Waals surface area contributed by atoms with Crippen molar-refractivity contribution in [1.29, 1.82) is 0 Å². The molecule has 0 aliphatic heterocycles. The van der Waals surface area contributed by atoms with Gasteiger partial charge in [0.15, 0.2) is 0 Å². The Morgan fingerprint density at radius 1 is 1.08 bits per heavy atom. The third-order valence-corrected chi connectivity index (χ3v) is 8.51. The molecular formula is C25H26N6O5S2. The first-order valence-corrected chi connectivity index (χ1v) is 14.2. The predicted octanol–water partition coefficient (Wildman–Crippen LogP) is 2.04. The summed E-state index contributed by atoms with van der Waals surface area (Å²) in [6, 6.07) is 13.3. The molecule has 0 amide bonds. The van der Waals surface area contributed by atoms with E-state index in [2.05, 4.69) is 20.6 Å². The van der Waals surface area contributed by atoms with Crippen LogP contribution >= 0.6 is 11.3 Å². The zero-order chi connectivity index (χ0) is 27.0. The Morgan fingerprint density at radius 3 is 2.47 bits per heavy atom. The summed E-state index contributed by atoms with van der Waals surface area (Å²) in [5, 5.41) is 33.1. The van der Waals surface area contributed by atoms with Gasteiger partial charge in [0.25, 0.3) is 0 Å². The lowest BCUT2D eigenvalue weighted by Crippen LogP contribution is -2.35. The molecule has 0 bridgehead atoms. The number of aromatic nitrogens is 3. The SMILES string of the molecule is Cc1nc(NCc2ccc(S(N)(=O)=O)cc2)nc(NC2CC(C=O)C(O)C2O)c1-c1nc2ccccc2s1. The van der Waals surface area contributed by atoms with Crippen LogP contribution in [-0.2, 0) is 21.4 Å². The second kappa shape index (κ2) is 10.3. The fourth-order valence-corrected chi connectivity index (χ4v) is 6.07. The van der Waals surface area contributed by atoms with Gasteiger partial charge in [-0.3, -0.25) is 0 Å². The standard InChI is InChI=1S/C25H26N6O5S2/c1-13-20(24-30-17-4-2-3-5-19(17)37-24)23(29-18-10-15(12-32)21(33)22(18)34)31-25(28-13)27-11-14-6-8-16(9-7-14)38(26,35)36/h2-9,12,15,18,21-22,33-34H,10-11H2,1H3,(H2,26,35,36)(H2,27,28,29,31). The van der Waals surface area contributed by atoms with Gasteiger partial charge in [0.2, 0.25) is 16.0 Å². The highest BCUT2D eigenvalue weighted by molar-refractivity contribution is 7.89. The number of para-hydroxylation sites is 1. The summed E-state index contributed by atoms with van der Waals surface area (Å²) in [6.45, 7) is 2.14. The molecule has 1 saturated carbocycles. The Bertz CT molecular complexity index is 1560. The number of nitrogens with one attached hydrogen (secondary N) is 2. The molecule has 0 radical (unpaired) electrons. The molecule has 4 unspecified atom stereocenters. The quantitative estimate of drug-likeness (QED) is 0.202. The van der Waals surface area contributed by atoms with Gasteiger partial charge in [-0.1, -0.05) is 24.3 Å². The van der Waals surface area contributed by atoms with Crippen LogP contribution in [0.25, 0.3) is 20.8 Å². The van der Waals surface area contributed by atoms with E-state index < -0.39 is 34.2 Å². The predicted molar refractivity (Wildman–Crippen MR) is 144 cm³/mol. The number of benzene rings is 2. The van der Waals surface area contributed by atoms with Crippen LogP contribution in [-0.4, -0.2) is 58.1 Å². The van der Waals surface area contributed by atoms with Crippen LogP contribution in [0.2, 0.25) is 0 Å². The summed E-state index contributed by atoms with van der Waals surface area (Å²) >= 11 is 1.48. The van der Waals surface area contributed by atoms with Crippen LogP contribution in [0.5, 0.6) is 0 Å². The molecule has 11 nitrogen and oxygen atoms in total. The largest absolute Gasteiger partial charge is 0.390 e. The first-order chi connectivity index (χ1) is 18.1. The molecule has 0 spiro atoms. The highest BCUT2D eigenvalue weighted by atomic mass is 32.2. The summed E-state index contributed by atoms with van der Waals surface area (Å²) < 4.78 is 24.0. The van der Waals surface area contributed by atoms with Gasteiger partial charge in [0.05, 0.1) is 38.5 Å². The van der Waals surface area contributed by atoms with E-state index in [0.29, 0.717) is 40.9 Å². The molecule has 1 fully saturated rings. The molecule has 2 heterocycles. The molecule has 6 N–H and O–H groups in total. The number of rotatable bonds is 8. The molecule has 1 aliphatic rings. The highest BCUT2D eigenvalue weighted by Gasteiger charge is 2.42. The van der Waals surface area contributed by atoms with Gasteiger partial charge in [0.1, 0.15) is 23.2 Å². The van der Waals surface area contributed by atoms with E-state index in [1.54, 1.807) is 12.1 Å². The number of fused-ring (bicyclic) bond motifs is 1. The van der Waals surface area contributed by atoms with E-state index in [9.17, 15) is 23.4 Å². The van der Waals surface area contributed by atoms with Gasteiger partial charge in [-0.25, -0.2) is 23.5 Å². The molecule has 2 aromatic heterocycles. The summed E-state index contributed by atoms with van der Waals surface area (Å²) in [4.78, 5) is 25.4. The van der Waals surface area contributed by atoms with Crippen molar-refractivity contribution in [2.24, 2.45) is 11.1 Å². The minimum absolute atomic E-state index is 0.0194. The van der Waals surface area contributed by atoms with Crippen molar-refractivity contribution in [1.82, 2.24) is 15.0 Å². The highest BCUT2D eigenvalue weighted by Crippen LogP contribution is 2.38. The summed E-state index contributed by atoms with van der Waals surface area (Å²) in [6.07, 6.45) is -1.43. The number of aldehydes is 1. The first-order valence-electron chi connectivity index (χ1n) is 11.8. The number of aliphatic hydroxyl groups excluding tert-OH is 2. The number of hydrogen-bond donors (Lipinski definition) is 5. The number of primary sulfonamides is 1. The van der Waals surface area contributed by atoms with Crippen molar-refractivity contribution in [3.8, 4) is 10.6 Å². The molecule has 2 aromatic carbocycles. The fraction of sp³-hybridized carbons (Fsp3) is 0.280. The van der Waals surface area contributed by atoms with E-state index >= 15 is 0 Å². The van der Waals surface area contributed by atoms with E-state index in [4.69, 9.17) is 10.1 Å². The maximum absolute atomic E-state index is 11.5. The fourth-order valence-electron chi connectivity index (χ4n) is 4.49. The zero-order valence-electron chi connectivity index (χ0n) is 20.3. The molecule has 4 atom stereocenters. The average Bonchev–Trinajstić information content (AvgIpc) is 3.43. The van der Waals surface area contributed by atoms with Gasteiger partial charge in [-0.05, 0) is 43.2 Å². The molecular weight excluding hydrogens is 528 g/mol. The van der Waals surface area contributed by atoms with Crippen LogP contribution in [0.15, 0.2) is 53.4 Å². The normalized spacial score (nSPS) is 21.5. The number of aryl methyl sites for hydroxylation is 1. The molecule has 198 valence electrons. The molecule has 4 aromatic rings. The number of aliphatic hydroxyl groups is 2.